The Morgan fingerprint density at radius 2 is 0.618 bits per heavy atom. The van der Waals surface area contributed by atoms with Crippen molar-refractivity contribution >= 4 is 47.8 Å². The topological polar surface area (TPSA) is 0 Å². The Kier molecular flexibility index (Phi) is 14.6. The van der Waals surface area contributed by atoms with Crippen LogP contribution >= 0.6 is 47.8 Å². The molecular weight excluding hydrogens is 612 g/mol. The highest BCUT2D eigenvalue weighted by atomic mass is 79.9. The Morgan fingerprint density at radius 1 is 0.412 bits per heavy atom. The van der Waals surface area contributed by atoms with Gasteiger partial charge in [0.25, 0.3) is 0 Å². The molecule has 0 fully saturated rings. The van der Waals surface area contributed by atoms with Crippen LogP contribution in [0.25, 0.3) is 0 Å². The zero-order valence-electron chi connectivity index (χ0n) is 25.2. The van der Waals surface area contributed by atoms with Crippen molar-refractivity contribution in [2.75, 3.05) is 16.0 Å². The van der Waals surface area contributed by atoms with E-state index < -0.39 is 0 Å². The number of alkyl halides is 3. The molecule has 34 heavy (non-hydrogen) atoms. The third-order valence-corrected chi connectivity index (χ3v) is 9.79. The van der Waals surface area contributed by atoms with Crippen molar-refractivity contribution in [3.63, 3.8) is 0 Å². The molecule has 0 saturated heterocycles. The van der Waals surface area contributed by atoms with E-state index in [1.165, 1.54) is 57.8 Å². The van der Waals surface area contributed by atoms with E-state index in [1.54, 1.807) is 0 Å². The lowest BCUT2D eigenvalue weighted by Crippen LogP contribution is -2.49. The maximum absolute atomic E-state index is 3.67. The highest BCUT2D eigenvalue weighted by Gasteiger charge is 2.52. The Balaban J connectivity index is 6.32. The molecule has 3 heteroatoms. The Labute approximate surface area is 241 Å². The molecule has 0 atom stereocenters. The SMILES string of the molecule is CC(C)(CCCBr)CC(C)(C)C(C(C)(C)CC(C)(C)CCCBr)C(C)(C)CC(C)(C)CCCBr. The molecule has 0 N–H and O–H groups in total. The highest BCUT2D eigenvalue weighted by molar-refractivity contribution is 9.09. The third-order valence-electron chi connectivity index (χ3n) is 8.11. The summed E-state index contributed by atoms with van der Waals surface area (Å²) < 4.78 is 0. The molecule has 0 nitrogen and oxygen atoms in total. The summed E-state index contributed by atoms with van der Waals surface area (Å²) in [4.78, 5) is 0. The van der Waals surface area contributed by atoms with Crippen LogP contribution in [0, 0.1) is 38.4 Å². The van der Waals surface area contributed by atoms with Crippen molar-refractivity contribution in [2.24, 2.45) is 38.4 Å². The standard InChI is InChI=1S/C31H61Br3/c1-26(2,16-13-19-32)22-29(7,8)25(30(9,10)23-27(3,4)17-14-20-33)31(11,12)24-28(5,6)18-15-21-34/h25H,13-24H2,1-12H3. The quantitative estimate of drug-likeness (QED) is 0.127. The molecule has 0 spiro atoms. The molecule has 0 aromatic heterocycles. The van der Waals surface area contributed by atoms with Gasteiger partial charge in [0.05, 0.1) is 0 Å². The second kappa shape index (κ2) is 14.0. The fourth-order valence-electron chi connectivity index (χ4n) is 9.08. The summed E-state index contributed by atoms with van der Waals surface area (Å²) in [7, 11) is 0. The molecule has 0 bridgehead atoms. The van der Waals surface area contributed by atoms with Gasteiger partial charge in [-0.3, -0.25) is 0 Å². The monoisotopic (exact) mass is 670 g/mol. The summed E-state index contributed by atoms with van der Waals surface area (Å²) in [5.41, 5.74) is 1.87. The number of halogens is 3. The van der Waals surface area contributed by atoms with Crippen molar-refractivity contribution in [3.8, 4) is 0 Å². The second-order valence-corrected chi connectivity index (χ2v) is 18.2. The van der Waals surface area contributed by atoms with E-state index >= 15 is 0 Å². The van der Waals surface area contributed by atoms with E-state index in [9.17, 15) is 0 Å². The van der Waals surface area contributed by atoms with Gasteiger partial charge in [-0.25, -0.2) is 0 Å². The molecular formula is C31H61Br3. The van der Waals surface area contributed by atoms with Crippen LogP contribution in [0.4, 0.5) is 0 Å². The smallest absolute Gasteiger partial charge is 0.00315 e. The van der Waals surface area contributed by atoms with Crippen LogP contribution in [-0.4, -0.2) is 16.0 Å². The fourth-order valence-corrected chi connectivity index (χ4v) is 9.92. The summed E-state index contributed by atoms with van der Waals surface area (Å²) >= 11 is 11.0. The molecule has 0 aromatic rings. The first-order valence-electron chi connectivity index (χ1n) is 13.8. The average molecular weight is 674 g/mol. The minimum atomic E-state index is 0.264. The van der Waals surface area contributed by atoms with Crippen LogP contribution in [0.15, 0.2) is 0 Å². The molecule has 0 aliphatic carbocycles. The normalized spacial score (nSPS) is 14.8. The van der Waals surface area contributed by atoms with E-state index in [0.717, 1.165) is 16.0 Å². The Hall–Kier alpha value is 1.44. The average Bonchev–Trinajstić information content (AvgIpc) is 2.59. The van der Waals surface area contributed by atoms with Gasteiger partial charge in [0.2, 0.25) is 0 Å². The molecule has 0 aliphatic rings. The van der Waals surface area contributed by atoms with Gasteiger partial charge in [-0.1, -0.05) is 131 Å². The zero-order valence-corrected chi connectivity index (χ0v) is 30.0. The predicted molar refractivity (Wildman–Crippen MR) is 169 cm³/mol. The van der Waals surface area contributed by atoms with E-state index in [4.69, 9.17) is 0 Å². The Morgan fingerprint density at radius 3 is 0.794 bits per heavy atom. The van der Waals surface area contributed by atoms with Crippen LogP contribution in [0.5, 0.6) is 0 Å². The van der Waals surface area contributed by atoms with Crippen molar-refractivity contribution in [1.82, 2.24) is 0 Å². The molecule has 0 aromatic carbocycles. The highest BCUT2D eigenvalue weighted by Crippen LogP contribution is 2.60. The lowest BCUT2D eigenvalue weighted by Gasteiger charge is -2.57. The van der Waals surface area contributed by atoms with E-state index in [0.29, 0.717) is 22.2 Å². The lowest BCUT2D eigenvalue weighted by atomic mass is 9.47. The van der Waals surface area contributed by atoms with Crippen molar-refractivity contribution in [2.45, 2.75) is 141 Å². The van der Waals surface area contributed by atoms with Crippen LogP contribution in [-0.2, 0) is 0 Å². The van der Waals surface area contributed by atoms with E-state index in [2.05, 4.69) is 131 Å². The lowest BCUT2D eigenvalue weighted by molar-refractivity contribution is -0.0828. The van der Waals surface area contributed by atoms with Gasteiger partial charge in [0, 0.05) is 16.0 Å². The maximum Gasteiger partial charge on any atom is 0.00315 e. The van der Waals surface area contributed by atoms with Gasteiger partial charge in [0.15, 0.2) is 0 Å². The molecule has 0 radical (unpaired) electrons. The van der Waals surface area contributed by atoms with Crippen molar-refractivity contribution < 1.29 is 0 Å². The molecule has 0 unspecified atom stereocenters. The van der Waals surface area contributed by atoms with Crippen molar-refractivity contribution in [3.05, 3.63) is 0 Å². The molecule has 0 saturated carbocycles. The predicted octanol–water partition coefficient (Wildman–Crippen LogP) is 12.5. The van der Waals surface area contributed by atoms with Gasteiger partial charge in [-0.15, -0.1) is 0 Å². The molecule has 0 amide bonds. The van der Waals surface area contributed by atoms with E-state index in [1.807, 2.05) is 0 Å². The van der Waals surface area contributed by atoms with Gasteiger partial charge in [0.1, 0.15) is 0 Å². The zero-order chi connectivity index (χ0) is 27.1. The molecule has 0 aliphatic heterocycles. The minimum Gasteiger partial charge on any atom is -0.0928 e. The number of hydrogen-bond acceptors (Lipinski definition) is 0. The summed E-state index contributed by atoms with van der Waals surface area (Å²) in [6.45, 7) is 30.7. The van der Waals surface area contributed by atoms with Crippen LogP contribution in [0.2, 0.25) is 0 Å². The maximum atomic E-state index is 3.67. The largest absolute Gasteiger partial charge is 0.0928 e. The first-order chi connectivity index (χ1) is 15.2. The number of hydrogen-bond donors (Lipinski definition) is 0. The summed E-state index contributed by atoms with van der Waals surface area (Å²) in [5.74, 6) is 0.641. The summed E-state index contributed by atoms with van der Waals surface area (Å²) in [6, 6.07) is 0. The van der Waals surface area contributed by atoms with Gasteiger partial charge >= 0.3 is 0 Å². The molecule has 0 rings (SSSR count). The van der Waals surface area contributed by atoms with Gasteiger partial charge in [-0.05, 0) is 96.2 Å². The van der Waals surface area contributed by atoms with Crippen molar-refractivity contribution in [1.29, 1.82) is 0 Å². The van der Waals surface area contributed by atoms with Gasteiger partial charge < -0.3 is 0 Å². The third kappa shape index (κ3) is 12.8. The Bertz CT molecular complexity index is 488. The summed E-state index contributed by atoms with van der Waals surface area (Å²) in [6.07, 6.45) is 11.5. The summed E-state index contributed by atoms with van der Waals surface area (Å²) in [5, 5.41) is 3.34. The molecule has 0 heterocycles. The second-order valence-electron chi connectivity index (χ2n) is 15.8. The first kappa shape index (κ1) is 35.4. The first-order valence-corrected chi connectivity index (χ1v) is 17.2. The van der Waals surface area contributed by atoms with Gasteiger partial charge in [-0.2, -0.15) is 0 Å². The number of rotatable bonds is 18. The van der Waals surface area contributed by atoms with Crippen LogP contribution < -0.4 is 0 Å². The fraction of sp³-hybridized carbons (Fsp3) is 1.00. The molecule has 206 valence electrons. The van der Waals surface area contributed by atoms with Crippen LogP contribution in [0.3, 0.4) is 0 Å². The van der Waals surface area contributed by atoms with E-state index in [-0.39, 0.29) is 16.2 Å². The minimum absolute atomic E-state index is 0.264. The van der Waals surface area contributed by atoms with Crippen LogP contribution in [0.1, 0.15) is 141 Å².